The first-order chi connectivity index (χ1) is 15.5. The molecule has 4 nitrogen and oxygen atoms in total. The number of methoxy groups -OCH3 is 2. The van der Waals surface area contributed by atoms with Crippen LogP contribution in [0, 0.1) is 6.92 Å². The molecular formula is C26H29ClN2O2S. The molecular weight excluding hydrogens is 440 g/mol. The fourth-order valence-corrected chi connectivity index (χ4v) is 4.12. The normalized spacial score (nSPS) is 11.3. The molecule has 0 aliphatic rings. The Morgan fingerprint density at radius 3 is 1.88 bits per heavy atom. The molecule has 32 heavy (non-hydrogen) atoms. The van der Waals surface area contributed by atoms with Gasteiger partial charge in [0.2, 0.25) is 0 Å². The summed E-state index contributed by atoms with van der Waals surface area (Å²) in [5.74, 6) is 2.61. The van der Waals surface area contributed by atoms with Gasteiger partial charge in [0.1, 0.15) is 11.5 Å². The van der Waals surface area contributed by atoms with Crippen LogP contribution in [0.1, 0.15) is 23.6 Å². The van der Waals surface area contributed by atoms with Crippen molar-refractivity contribution in [2.45, 2.75) is 26.9 Å². The number of aryl methyl sites for hydroxylation is 1. The van der Waals surface area contributed by atoms with Crippen molar-refractivity contribution in [2.24, 2.45) is 4.99 Å². The predicted octanol–water partition coefficient (Wildman–Crippen LogP) is 7.11. The van der Waals surface area contributed by atoms with Gasteiger partial charge < -0.3 is 14.4 Å². The van der Waals surface area contributed by atoms with Crippen LogP contribution in [-0.4, -0.2) is 30.0 Å². The third kappa shape index (κ3) is 6.68. The third-order valence-corrected chi connectivity index (χ3v) is 6.13. The minimum Gasteiger partial charge on any atom is -0.497 e. The van der Waals surface area contributed by atoms with Gasteiger partial charge in [-0.05, 0) is 65.8 Å². The van der Waals surface area contributed by atoms with Crippen molar-refractivity contribution in [1.29, 1.82) is 0 Å². The van der Waals surface area contributed by atoms with E-state index in [1.165, 1.54) is 11.1 Å². The minimum absolute atomic E-state index is 0.687. The quantitative estimate of drug-likeness (QED) is 0.260. The summed E-state index contributed by atoms with van der Waals surface area (Å²) in [4.78, 5) is 7.34. The Bertz CT molecular complexity index is 987. The molecule has 0 aliphatic carbocycles. The van der Waals surface area contributed by atoms with E-state index in [2.05, 4.69) is 43.0 Å². The topological polar surface area (TPSA) is 34.1 Å². The van der Waals surface area contributed by atoms with Crippen LogP contribution >= 0.6 is 23.4 Å². The summed E-state index contributed by atoms with van der Waals surface area (Å²) in [5.41, 5.74) is 4.36. The second-order valence-corrected chi connectivity index (χ2v) is 8.98. The lowest BCUT2D eigenvalue weighted by molar-refractivity contribution is 0.405. The fourth-order valence-electron chi connectivity index (χ4n) is 3.22. The number of benzene rings is 3. The van der Waals surface area contributed by atoms with Gasteiger partial charge in [0.15, 0.2) is 5.17 Å². The van der Waals surface area contributed by atoms with E-state index in [1.54, 1.807) is 26.0 Å². The molecule has 0 unspecified atom stereocenters. The van der Waals surface area contributed by atoms with Crippen molar-refractivity contribution < 1.29 is 9.47 Å². The molecule has 0 heterocycles. The van der Waals surface area contributed by atoms with Crippen LogP contribution in [0.15, 0.2) is 71.7 Å². The summed E-state index contributed by atoms with van der Waals surface area (Å²) in [5, 5.41) is 1.65. The number of halogens is 1. The maximum atomic E-state index is 6.26. The molecule has 0 fully saturated rings. The number of thioether (sulfide) groups is 1. The van der Waals surface area contributed by atoms with E-state index in [0.29, 0.717) is 5.02 Å². The molecule has 0 bridgehead atoms. The SMILES string of the molecule is CCSC(=Nc1cc(Cl)ccc1C)N(Cc1ccc(OC)cc1)Cc1ccc(OC)cc1. The molecule has 0 saturated heterocycles. The summed E-state index contributed by atoms with van der Waals surface area (Å²) in [6, 6.07) is 22.2. The Kier molecular flexibility index (Phi) is 8.89. The highest BCUT2D eigenvalue weighted by molar-refractivity contribution is 8.13. The van der Waals surface area contributed by atoms with Gasteiger partial charge in [-0.3, -0.25) is 0 Å². The Morgan fingerprint density at radius 1 is 0.875 bits per heavy atom. The maximum absolute atomic E-state index is 6.26. The van der Waals surface area contributed by atoms with Gasteiger partial charge in [-0.15, -0.1) is 0 Å². The van der Waals surface area contributed by atoms with Crippen LogP contribution in [0.3, 0.4) is 0 Å². The number of hydrogen-bond acceptors (Lipinski definition) is 4. The van der Waals surface area contributed by atoms with Crippen LogP contribution in [0.2, 0.25) is 5.02 Å². The summed E-state index contributed by atoms with van der Waals surface area (Å²) in [6.07, 6.45) is 0. The summed E-state index contributed by atoms with van der Waals surface area (Å²) >= 11 is 7.99. The van der Waals surface area contributed by atoms with Crippen molar-refractivity contribution in [3.63, 3.8) is 0 Å². The molecule has 168 valence electrons. The zero-order valence-electron chi connectivity index (χ0n) is 19.0. The number of hydrogen-bond donors (Lipinski definition) is 0. The highest BCUT2D eigenvalue weighted by Gasteiger charge is 2.15. The van der Waals surface area contributed by atoms with E-state index in [1.807, 2.05) is 42.5 Å². The first-order valence-electron chi connectivity index (χ1n) is 10.5. The molecule has 0 N–H and O–H groups in total. The Morgan fingerprint density at radius 2 is 1.41 bits per heavy atom. The molecule has 3 aromatic rings. The first kappa shape index (κ1) is 24.0. The van der Waals surface area contributed by atoms with E-state index in [9.17, 15) is 0 Å². The van der Waals surface area contributed by atoms with E-state index < -0.39 is 0 Å². The second kappa shape index (κ2) is 11.8. The van der Waals surface area contributed by atoms with Crippen molar-refractivity contribution in [3.8, 4) is 11.5 Å². The highest BCUT2D eigenvalue weighted by atomic mass is 35.5. The van der Waals surface area contributed by atoms with Gasteiger partial charge in [-0.1, -0.05) is 60.6 Å². The summed E-state index contributed by atoms with van der Waals surface area (Å²) < 4.78 is 10.6. The zero-order chi connectivity index (χ0) is 22.9. The van der Waals surface area contributed by atoms with Gasteiger partial charge in [0.05, 0.1) is 19.9 Å². The van der Waals surface area contributed by atoms with E-state index in [-0.39, 0.29) is 0 Å². The number of amidine groups is 1. The smallest absolute Gasteiger partial charge is 0.164 e. The maximum Gasteiger partial charge on any atom is 0.164 e. The molecule has 3 aromatic carbocycles. The van der Waals surface area contributed by atoms with E-state index >= 15 is 0 Å². The van der Waals surface area contributed by atoms with Crippen LogP contribution in [0.25, 0.3) is 0 Å². The molecule has 3 rings (SSSR count). The molecule has 0 radical (unpaired) electrons. The minimum atomic E-state index is 0.687. The number of rotatable bonds is 8. The average Bonchev–Trinajstić information content (AvgIpc) is 2.81. The molecule has 0 aromatic heterocycles. The van der Waals surface area contributed by atoms with Gasteiger partial charge in [-0.25, -0.2) is 4.99 Å². The Hall–Kier alpha value is -2.63. The Labute approximate surface area is 200 Å². The number of ether oxygens (including phenoxy) is 2. The standard InChI is InChI=1S/C26H29ClN2O2S/c1-5-32-26(28-25-16-22(27)11-6-19(25)2)29(17-20-7-12-23(30-3)13-8-20)18-21-9-14-24(31-4)15-10-21/h6-16H,5,17-18H2,1-4H3. The molecule has 0 saturated carbocycles. The van der Waals surface area contributed by atoms with Crippen LogP contribution < -0.4 is 9.47 Å². The van der Waals surface area contributed by atoms with Gasteiger partial charge in [0.25, 0.3) is 0 Å². The molecule has 0 atom stereocenters. The lowest BCUT2D eigenvalue weighted by atomic mass is 10.1. The fraction of sp³-hybridized carbons (Fsp3) is 0.269. The predicted molar refractivity (Wildman–Crippen MR) is 137 cm³/mol. The average molecular weight is 469 g/mol. The van der Waals surface area contributed by atoms with Crippen molar-refractivity contribution in [1.82, 2.24) is 4.90 Å². The zero-order valence-corrected chi connectivity index (χ0v) is 20.5. The van der Waals surface area contributed by atoms with Gasteiger partial charge in [-0.2, -0.15) is 0 Å². The lowest BCUT2D eigenvalue weighted by Crippen LogP contribution is -2.28. The van der Waals surface area contributed by atoms with E-state index in [0.717, 1.165) is 46.8 Å². The van der Waals surface area contributed by atoms with Crippen LogP contribution in [0.4, 0.5) is 5.69 Å². The van der Waals surface area contributed by atoms with Crippen LogP contribution in [-0.2, 0) is 13.1 Å². The molecule has 6 heteroatoms. The largest absolute Gasteiger partial charge is 0.497 e. The highest BCUT2D eigenvalue weighted by Crippen LogP contribution is 2.27. The second-order valence-electron chi connectivity index (χ2n) is 7.31. The third-order valence-electron chi connectivity index (χ3n) is 5.00. The molecule has 0 amide bonds. The first-order valence-corrected chi connectivity index (χ1v) is 11.9. The van der Waals surface area contributed by atoms with Gasteiger partial charge >= 0.3 is 0 Å². The van der Waals surface area contributed by atoms with Gasteiger partial charge in [0, 0.05) is 18.1 Å². The number of nitrogens with zero attached hydrogens (tertiary/aromatic N) is 2. The van der Waals surface area contributed by atoms with Crippen molar-refractivity contribution in [3.05, 3.63) is 88.4 Å². The van der Waals surface area contributed by atoms with Crippen molar-refractivity contribution >= 4 is 34.2 Å². The molecule has 0 aliphatic heterocycles. The lowest BCUT2D eigenvalue weighted by Gasteiger charge is -2.26. The summed E-state index contributed by atoms with van der Waals surface area (Å²) in [7, 11) is 3.36. The summed E-state index contributed by atoms with van der Waals surface area (Å²) in [6.45, 7) is 5.65. The van der Waals surface area contributed by atoms with Crippen molar-refractivity contribution in [2.75, 3.05) is 20.0 Å². The van der Waals surface area contributed by atoms with E-state index in [4.69, 9.17) is 26.1 Å². The monoisotopic (exact) mass is 468 g/mol. The number of aliphatic imine (C=N–C) groups is 1. The Balaban J connectivity index is 1.97. The molecule has 0 spiro atoms. The van der Waals surface area contributed by atoms with Crippen LogP contribution in [0.5, 0.6) is 11.5 Å².